The second-order valence-electron chi connectivity index (χ2n) is 5.04. The summed E-state index contributed by atoms with van der Waals surface area (Å²) in [4.78, 5) is 4.19. The summed E-state index contributed by atoms with van der Waals surface area (Å²) in [7, 11) is 1.60. The maximum atomic E-state index is 12.8. The third-order valence-corrected chi connectivity index (χ3v) is 3.08. The number of ether oxygens (including phenoxy) is 1. The van der Waals surface area contributed by atoms with Crippen molar-refractivity contribution in [2.24, 2.45) is 0 Å². The number of alkyl halides is 3. The molecule has 1 heterocycles. The third kappa shape index (κ3) is 3.64. The van der Waals surface area contributed by atoms with Crippen molar-refractivity contribution in [1.82, 2.24) is 4.98 Å². The third-order valence-electron chi connectivity index (χ3n) is 3.08. The normalized spacial score (nSPS) is 13.4. The molecule has 0 fully saturated rings. The van der Waals surface area contributed by atoms with E-state index in [1.165, 1.54) is 6.07 Å². The molecule has 0 aliphatic heterocycles. The standard InChI is InChI=1S/C15H17F3N2O/c1-9-6-13(20-10(2)8-21-3)12-5-4-11(15(16,17)18)7-14(12)19-9/h4-7,10H,8H2,1-3H3,(H,19,20). The molecule has 114 valence electrons. The number of hydrogen-bond donors (Lipinski definition) is 1. The lowest BCUT2D eigenvalue weighted by atomic mass is 10.1. The van der Waals surface area contributed by atoms with E-state index in [4.69, 9.17) is 4.74 Å². The predicted molar refractivity (Wildman–Crippen MR) is 76.4 cm³/mol. The van der Waals surface area contributed by atoms with Gasteiger partial charge >= 0.3 is 6.18 Å². The molecule has 1 aromatic heterocycles. The Morgan fingerprint density at radius 1 is 1.29 bits per heavy atom. The van der Waals surface area contributed by atoms with Crippen LogP contribution in [0, 0.1) is 6.92 Å². The van der Waals surface area contributed by atoms with E-state index < -0.39 is 11.7 Å². The molecule has 21 heavy (non-hydrogen) atoms. The fourth-order valence-corrected chi connectivity index (χ4v) is 2.21. The monoisotopic (exact) mass is 298 g/mol. The van der Waals surface area contributed by atoms with Gasteiger partial charge in [0.25, 0.3) is 0 Å². The van der Waals surface area contributed by atoms with Gasteiger partial charge in [0.2, 0.25) is 0 Å². The molecule has 0 bridgehead atoms. The van der Waals surface area contributed by atoms with Gasteiger partial charge in [-0.2, -0.15) is 13.2 Å². The van der Waals surface area contributed by atoms with Crippen LogP contribution in [0.3, 0.4) is 0 Å². The van der Waals surface area contributed by atoms with E-state index in [-0.39, 0.29) is 6.04 Å². The second kappa shape index (κ2) is 5.89. The Hall–Kier alpha value is -1.82. The molecule has 1 atom stereocenters. The first-order valence-electron chi connectivity index (χ1n) is 6.55. The van der Waals surface area contributed by atoms with Crippen molar-refractivity contribution in [2.75, 3.05) is 19.0 Å². The average Bonchev–Trinajstić information content (AvgIpc) is 2.36. The molecule has 0 amide bonds. The van der Waals surface area contributed by atoms with Crippen LogP contribution in [-0.2, 0) is 10.9 Å². The number of pyridine rings is 1. The van der Waals surface area contributed by atoms with Crippen molar-refractivity contribution in [3.63, 3.8) is 0 Å². The highest BCUT2D eigenvalue weighted by Crippen LogP contribution is 2.33. The van der Waals surface area contributed by atoms with E-state index in [2.05, 4.69) is 10.3 Å². The number of aryl methyl sites for hydroxylation is 1. The van der Waals surface area contributed by atoms with Crippen LogP contribution in [0.2, 0.25) is 0 Å². The van der Waals surface area contributed by atoms with Crippen molar-refractivity contribution >= 4 is 16.6 Å². The molecule has 0 radical (unpaired) electrons. The lowest BCUT2D eigenvalue weighted by molar-refractivity contribution is -0.137. The van der Waals surface area contributed by atoms with E-state index in [0.29, 0.717) is 23.2 Å². The SMILES string of the molecule is COCC(C)Nc1cc(C)nc2cc(C(F)(F)F)ccc12. The minimum Gasteiger partial charge on any atom is -0.383 e. The molecule has 2 rings (SSSR count). The lowest BCUT2D eigenvalue weighted by Crippen LogP contribution is -2.21. The zero-order valence-electron chi connectivity index (χ0n) is 12.1. The first kappa shape index (κ1) is 15.6. The van der Waals surface area contributed by atoms with Crippen LogP contribution in [0.25, 0.3) is 10.9 Å². The number of rotatable bonds is 4. The molecule has 0 saturated heterocycles. The molecular weight excluding hydrogens is 281 g/mol. The number of nitrogens with zero attached hydrogens (tertiary/aromatic N) is 1. The molecule has 3 nitrogen and oxygen atoms in total. The van der Waals surface area contributed by atoms with Crippen LogP contribution in [0.5, 0.6) is 0 Å². The van der Waals surface area contributed by atoms with Crippen molar-refractivity contribution in [3.05, 3.63) is 35.5 Å². The molecule has 2 aromatic rings. The highest BCUT2D eigenvalue weighted by atomic mass is 19.4. The van der Waals surface area contributed by atoms with Crippen LogP contribution >= 0.6 is 0 Å². The fraction of sp³-hybridized carbons (Fsp3) is 0.400. The largest absolute Gasteiger partial charge is 0.416 e. The molecule has 0 aliphatic rings. The predicted octanol–water partition coefficient (Wildman–Crippen LogP) is 4.01. The van der Waals surface area contributed by atoms with Crippen molar-refractivity contribution in [1.29, 1.82) is 0 Å². The summed E-state index contributed by atoms with van der Waals surface area (Å²) in [5.41, 5.74) is 1.06. The summed E-state index contributed by atoms with van der Waals surface area (Å²) in [6.07, 6.45) is -4.36. The number of benzene rings is 1. The van der Waals surface area contributed by atoms with Crippen LogP contribution in [-0.4, -0.2) is 24.7 Å². The van der Waals surface area contributed by atoms with Gasteiger partial charge < -0.3 is 10.1 Å². The highest BCUT2D eigenvalue weighted by Gasteiger charge is 2.30. The van der Waals surface area contributed by atoms with Gasteiger partial charge in [-0.25, -0.2) is 0 Å². The zero-order chi connectivity index (χ0) is 15.6. The van der Waals surface area contributed by atoms with Crippen molar-refractivity contribution < 1.29 is 17.9 Å². The Morgan fingerprint density at radius 2 is 2.00 bits per heavy atom. The van der Waals surface area contributed by atoms with E-state index in [1.807, 2.05) is 13.0 Å². The van der Waals surface area contributed by atoms with E-state index in [1.54, 1.807) is 14.0 Å². The molecule has 1 aromatic carbocycles. The number of aromatic nitrogens is 1. The van der Waals surface area contributed by atoms with Gasteiger partial charge in [0, 0.05) is 29.9 Å². The number of nitrogens with one attached hydrogen (secondary N) is 1. The van der Waals surface area contributed by atoms with Gasteiger partial charge in [-0.1, -0.05) is 6.07 Å². The Balaban J connectivity index is 2.47. The van der Waals surface area contributed by atoms with E-state index >= 15 is 0 Å². The maximum absolute atomic E-state index is 12.8. The van der Waals surface area contributed by atoms with Gasteiger partial charge in [-0.05, 0) is 32.0 Å². The molecular formula is C15H17F3N2O. The van der Waals surface area contributed by atoms with Crippen LogP contribution in [0.1, 0.15) is 18.2 Å². The van der Waals surface area contributed by atoms with Crippen molar-refractivity contribution in [2.45, 2.75) is 26.1 Å². The number of anilines is 1. The molecule has 0 aliphatic carbocycles. The minimum absolute atomic E-state index is 0.0438. The second-order valence-corrected chi connectivity index (χ2v) is 5.04. The number of fused-ring (bicyclic) bond motifs is 1. The number of methoxy groups -OCH3 is 1. The average molecular weight is 298 g/mol. The molecule has 6 heteroatoms. The molecule has 1 unspecified atom stereocenters. The smallest absolute Gasteiger partial charge is 0.383 e. The van der Waals surface area contributed by atoms with E-state index in [9.17, 15) is 13.2 Å². The van der Waals surface area contributed by atoms with Crippen LogP contribution in [0.4, 0.5) is 18.9 Å². The molecule has 1 N–H and O–H groups in total. The number of hydrogen-bond acceptors (Lipinski definition) is 3. The summed E-state index contributed by atoms with van der Waals surface area (Å²) in [6, 6.07) is 5.47. The first-order chi connectivity index (χ1) is 9.81. The lowest BCUT2D eigenvalue weighted by Gasteiger charge is -2.17. The van der Waals surface area contributed by atoms with Crippen LogP contribution < -0.4 is 5.32 Å². The van der Waals surface area contributed by atoms with Crippen molar-refractivity contribution in [3.8, 4) is 0 Å². The van der Waals surface area contributed by atoms with Gasteiger partial charge in [0.05, 0.1) is 17.7 Å². The summed E-state index contributed by atoms with van der Waals surface area (Å²) >= 11 is 0. The van der Waals surface area contributed by atoms with Gasteiger partial charge in [-0.15, -0.1) is 0 Å². The van der Waals surface area contributed by atoms with Crippen LogP contribution in [0.15, 0.2) is 24.3 Å². The Kier molecular flexibility index (Phi) is 4.37. The summed E-state index contributed by atoms with van der Waals surface area (Å²) < 4.78 is 43.4. The first-order valence-corrected chi connectivity index (χ1v) is 6.55. The Labute approximate surface area is 121 Å². The molecule has 0 saturated carbocycles. The summed E-state index contributed by atoms with van der Waals surface area (Å²) in [5, 5.41) is 3.90. The minimum atomic E-state index is -4.36. The summed E-state index contributed by atoms with van der Waals surface area (Å²) in [6.45, 7) is 4.20. The highest BCUT2D eigenvalue weighted by molar-refractivity contribution is 5.92. The molecule has 0 spiro atoms. The topological polar surface area (TPSA) is 34.1 Å². The maximum Gasteiger partial charge on any atom is 0.416 e. The Bertz CT molecular complexity index is 641. The summed E-state index contributed by atoms with van der Waals surface area (Å²) in [5.74, 6) is 0. The Morgan fingerprint density at radius 3 is 2.62 bits per heavy atom. The van der Waals surface area contributed by atoms with Gasteiger partial charge in [0.1, 0.15) is 0 Å². The zero-order valence-corrected chi connectivity index (χ0v) is 12.1. The fourth-order valence-electron chi connectivity index (χ4n) is 2.21. The quantitative estimate of drug-likeness (QED) is 0.926. The number of halogens is 3. The van der Waals surface area contributed by atoms with Gasteiger partial charge in [-0.3, -0.25) is 4.98 Å². The van der Waals surface area contributed by atoms with E-state index in [0.717, 1.165) is 17.8 Å². The van der Waals surface area contributed by atoms with Gasteiger partial charge in [0.15, 0.2) is 0 Å².